The zero-order chi connectivity index (χ0) is 23.5. The van der Waals surface area contributed by atoms with Gasteiger partial charge in [-0.25, -0.2) is 14.9 Å². The number of aromatic amines is 1. The van der Waals surface area contributed by atoms with Crippen LogP contribution in [0, 0.1) is 0 Å². The second kappa shape index (κ2) is 9.56. The second-order valence-electron chi connectivity index (χ2n) is 8.00. The lowest BCUT2D eigenvalue weighted by atomic mass is 9.98. The molecular weight excluding hydrogens is 448 g/mol. The van der Waals surface area contributed by atoms with Crippen molar-refractivity contribution in [3.8, 4) is 22.5 Å². The Bertz CT molecular complexity index is 1420. The van der Waals surface area contributed by atoms with E-state index in [0.29, 0.717) is 17.2 Å². The lowest BCUT2D eigenvalue weighted by molar-refractivity contribution is 0.0606. The molecule has 0 fully saturated rings. The summed E-state index contributed by atoms with van der Waals surface area (Å²) in [4.78, 5) is 18.4. The van der Waals surface area contributed by atoms with E-state index < -0.39 is 0 Å². The highest BCUT2D eigenvalue weighted by atomic mass is 32.1. The fourth-order valence-corrected chi connectivity index (χ4v) is 5.07. The van der Waals surface area contributed by atoms with Crippen molar-refractivity contribution >= 4 is 27.7 Å². The number of methoxy groups -OCH3 is 1. The van der Waals surface area contributed by atoms with E-state index in [1.54, 1.807) is 0 Å². The van der Waals surface area contributed by atoms with Crippen LogP contribution in [0.3, 0.4) is 0 Å². The fourth-order valence-electron chi connectivity index (χ4n) is 4.04. The van der Waals surface area contributed by atoms with Crippen molar-refractivity contribution < 1.29 is 9.53 Å². The van der Waals surface area contributed by atoms with Crippen molar-refractivity contribution in [2.24, 2.45) is 0 Å². The van der Waals surface area contributed by atoms with Crippen molar-refractivity contribution in [3.63, 3.8) is 0 Å². The van der Waals surface area contributed by atoms with Gasteiger partial charge in [0.25, 0.3) is 0 Å². The normalized spacial score (nSPS) is 11.2. The van der Waals surface area contributed by atoms with Gasteiger partial charge in [-0.1, -0.05) is 61.9 Å². The van der Waals surface area contributed by atoms with Crippen molar-refractivity contribution in [1.29, 1.82) is 0 Å². The molecular formula is C25H24N6O2S. The number of nitrogens with zero attached hydrogens (tertiary/aromatic N) is 5. The Balaban J connectivity index is 1.47. The summed E-state index contributed by atoms with van der Waals surface area (Å²) in [5.41, 5.74) is 5.10. The molecule has 172 valence electrons. The number of carbonyl (C=O) groups excluding carboxylic acids is 1. The first-order valence-electron chi connectivity index (χ1n) is 11.2. The van der Waals surface area contributed by atoms with Crippen LogP contribution in [0.25, 0.3) is 32.9 Å². The van der Waals surface area contributed by atoms with Crippen LogP contribution in [0.2, 0.25) is 0 Å². The summed E-state index contributed by atoms with van der Waals surface area (Å²) in [5, 5.41) is 14.3. The largest absolute Gasteiger partial charge is 0.465 e. The Morgan fingerprint density at radius 3 is 2.62 bits per heavy atom. The summed E-state index contributed by atoms with van der Waals surface area (Å²) in [6, 6.07) is 18.4. The van der Waals surface area contributed by atoms with Gasteiger partial charge in [0.05, 0.1) is 13.7 Å². The van der Waals surface area contributed by atoms with Crippen LogP contribution in [0.15, 0.2) is 54.6 Å². The Morgan fingerprint density at radius 1 is 1.12 bits per heavy atom. The van der Waals surface area contributed by atoms with Crippen LogP contribution in [0.1, 0.15) is 40.8 Å². The van der Waals surface area contributed by atoms with Gasteiger partial charge >= 0.3 is 5.97 Å². The predicted octanol–water partition coefficient (Wildman–Crippen LogP) is 5.12. The van der Waals surface area contributed by atoms with Crippen LogP contribution in [0.5, 0.6) is 0 Å². The number of esters is 1. The molecule has 3 aromatic heterocycles. The van der Waals surface area contributed by atoms with E-state index in [2.05, 4.69) is 62.4 Å². The molecule has 34 heavy (non-hydrogen) atoms. The SMILES string of the molecule is CCCCc1nc2cc(C(=O)OC)sc2n1Cc1ccc(-c2ccccc2-c2nnn[nH]2)cc1. The van der Waals surface area contributed by atoms with Gasteiger partial charge in [-0.05, 0) is 39.6 Å². The molecule has 0 radical (unpaired) electrons. The lowest BCUT2D eigenvalue weighted by Gasteiger charge is -2.11. The first-order chi connectivity index (χ1) is 16.7. The molecule has 0 aliphatic carbocycles. The Labute approximate surface area is 200 Å². The number of hydrogen-bond donors (Lipinski definition) is 1. The van der Waals surface area contributed by atoms with Gasteiger partial charge in [-0.2, -0.15) is 0 Å². The Kier molecular flexibility index (Phi) is 6.18. The van der Waals surface area contributed by atoms with Crippen LogP contribution >= 0.6 is 11.3 Å². The molecule has 5 aromatic rings. The molecule has 1 N–H and O–H groups in total. The molecule has 0 aliphatic heterocycles. The van der Waals surface area contributed by atoms with Crippen molar-refractivity contribution in [3.05, 3.63) is 70.9 Å². The Hall–Kier alpha value is -3.85. The highest BCUT2D eigenvalue weighted by molar-refractivity contribution is 7.20. The van der Waals surface area contributed by atoms with Crippen LogP contribution in [-0.2, 0) is 17.7 Å². The zero-order valence-electron chi connectivity index (χ0n) is 19.0. The summed E-state index contributed by atoms with van der Waals surface area (Å²) in [5.74, 6) is 1.36. The smallest absolute Gasteiger partial charge is 0.348 e. The summed E-state index contributed by atoms with van der Waals surface area (Å²) in [6.07, 6.45) is 3.07. The van der Waals surface area contributed by atoms with E-state index in [1.807, 2.05) is 24.3 Å². The van der Waals surface area contributed by atoms with Crippen LogP contribution in [0.4, 0.5) is 0 Å². The van der Waals surface area contributed by atoms with Gasteiger partial charge in [0.2, 0.25) is 0 Å². The van der Waals surface area contributed by atoms with E-state index in [1.165, 1.54) is 18.4 Å². The van der Waals surface area contributed by atoms with E-state index in [9.17, 15) is 4.79 Å². The third kappa shape index (κ3) is 4.22. The molecule has 9 heteroatoms. The number of carbonyl (C=O) groups is 1. The third-order valence-corrected chi connectivity index (χ3v) is 6.90. The molecule has 0 aliphatic rings. The molecule has 0 amide bonds. The number of ether oxygens (including phenoxy) is 1. The minimum Gasteiger partial charge on any atom is -0.465 e. The maximum absolute atomic E-state index is 12.0. The number of hydrogen-bond acceptors (Lipinski definition) is 7. The van der Waals surface area contributed by atoms with Crippen LogP contribution in [-0.4, -0.2) is 43.3 Å². The molecule has 0 saturated carbocycles. The number of H-pyrrole nitrogens is 1. The van der Waals surface area contributed by atoms with Gasteiger partial charge in [0, 0.05) is 12.0 Å². The number of fused-ring (bicyclic) bond motifs is 1. The van der Waals surface area contributed by atoms with Gasteiger partial charge in [-0.3, -0.25) is 0 Å². The van der Waals surface area contributed by atoms with Gasteiger partial charge in [0.1, 0.15) is 21.0 Å². The minimum absolute atomic E-state index is 0.324. The molecule has 8 nitrogen and oxygen atoms in total. The summed E-state index contributed by atoms with van der Waals surface area (Å²) in [6.45, 7) is 2.86. The maximum Gasteiger partial charge on any atom is 0.348 e. The van der Waals surface area contributed by atoms with Crippen molar-refractivity contribution in [2.45, 2.75) is 32.7 Å². The van der Waals surface area contributed by atoms with Gasteiger partial charge in [0.15, 0.2) is 5.82 Å². The standard InChI is InChI=1S/C25H24N6O2S/c1-3-4-9-22-26-20-14-21(25(32)33-2)34-24(20)31(22)15-16-10-12-17(13-11-16)18-7-5-6-8-19(18)23-27-29-30-28-23/h5-8,10-14H,3-4,9,15H2,1-2H3,(H,27,28,29,30). The second-order valence-corrected chi connectivity index (χ2v) is 9.03. The minimum atomic E-state index is -0.324. The van der Waals surface area contributed by atoms with Crippen molar-refractivity contribution in [2.75, 3.05) is 7.11 Å². The average Bonchev–Trinajstić information content (AvgIpc) is 3.61. The van der Waals surface area contributed by atoms with Crippen LogP contribution < -0.4 is 0 Å². The topological polar surface area (TPSA) is 98.6 Å². The molecule has 0 unspecified atom stereocenters. The summed E-state index contributed by atoms with van der Waals surface area (Å²) in [7, 11) is 1.40. The van der Waals surface area contributed by atoms with Crippen molar-refractivity contribution in [1.82, 2.24) is 30.2 Å². The number of imidazole rings is 1. The number of aryl methyl sites for hydroxylation is 1. The van der Waals surface area contributed by atoms with E-state index >= 15 is 0 Å². The fraction of sp³-hybridized carbons (Fsp3) is 0.240. The van der Waals surface area contributed by atoms with Gasteiger partial charge < -0.3 is 9.30 Å². The molecule has 0 saturated heterocycles. The molecule has 3 heterocycles. The molecule has 0 spiro atoms. The Morgan fingerprint density at radius 2 is 1.91 bits per heavy atom. The summed E-state index contributed by atoms with van der Waals surface area (Å²) < 4.78 is 7.13. The summed E-state index contributed by atoms with van der Waals surface area (Å²) >= 11 is 1.43. The number of unbranched alkanes of at least 4 members (excludes halogenated alkanes) is 1. The molecule has 2 aromatic carbocycles. The zero-order valence-corrected chi connectivity index (χ0v) is 19.8. The number of nitrogens with one attached hydrogen (secondary N) is 1. The average molecular weight is 473 g/mol. The number of thiophene rings is 1. The number of tetrazole rings is 1. The maximum atomic E-state index is 12.0. The third-order valence-electron chi connectivity index (χ3n) is 5.77. The van der Waals surface area contributed by atoms with E-state index in [0.717, 1.165) is 57.7 Å². The molecule has 5 rings (SSSR count). The predicted molar refractivity (Wildman–Crippen MR) is 132 cm³/mol. The number of rotatable bonds is 8. The van der Waals surface area contributed by atoms with Gasteiger partial charge in [-0.15, -0.1) is 16.4 Å². The van der Waals surface area contributed by atoms with E-state index in [-0.39, 0.29) is 5.97 Å². The van der Waals surface area contributed by atoms with E-state index in [4.69, 9.17) is 9.72 Å². The monoisotopic (exact) mass is 472 g/mol. The quantitative estimate of drug-likeness (QED) is 0.315. The first-order valence-corrected chi connectivity index (χ1v) is 12.0. The first kappa shape index (κ1) is 22.0. The number of aromatic nitrogens is 6. The lowest BCUT2D eigenvalue weighted by Crippen LogP contribution is -2.05. The molecule has 0 atom stereocenters. The highest BCUT2D eigenvalue weighted by Gasteiger charge is 2.18. The molecule has 0 bridgehead atoms. The number of benzene rings is 2. The highest BCUT2D eigenvalue weighted by Crippen LogP contribution is 2.31.